The largest absolute Gasteiger partial charge is 0.497 e. The van der Waals surface area contributed by atoms with Gasteiger partial charge in [0.25, 0.3) is 0 Å². The number of aryl methyl sites for hydroxylation is 1. The van der Waals surface area contributed by atoms with E-state index in [1.54, 1.807) is 7.11 Å². The maximum absolute atomic E-state index is 5.19. The van der Waals surface area contributed by atoms with Crippen LogP contribution in [0.25, 0.3) is 0 Å². The third kappa shape index (κ3) is 4.60. The minimum atomic E-state index is 0.489. The highest BCUT2D eigenvalue weighted by molar-refractivity contribution is 5.58. The van der Waals surface area contributed by atoms with Crippen LogP contribution in [0.15, 0.2) is 30.3 Å². The van der Waals surface area contributed by atoms with Crippen LogP contribution in [0.3, 0.4) is 0 Å². The van der Waals surface area contributed by atoms with E-state index in [0.29, 0.717) is 6.04 Å². The summed E-state index contributed by atoms with van der Waals surface area (Å²) in [4.78, 5) is 9.18. The molecule has 24 heavy (non-hydrogen) atoms. The van der Waals surface area contributed by atoms with Crippen molar-refractivity contribution in [2.45, 2.75) is 51.5 Å². The average molecular weight is 326 g/mol. The summed E-state index contributed by atoms with van der Waals surface area (Å²) in [6.07, 6.45) is 7.69. The monoisotopic (exact) mass is 326 g/mol. The molecule has 0 spiro atoms. The Labute approximate surface area is 143 Å². The van der Waals surface area contributed by atoms with Crippen molar-refractivity contribution in [1.29, 1.82) is 0 Å². The van der Waals surface area contributed by atoms with Crippen LogP contribution in [0, 0.1) is 6.92 Å². The average Bonchev–Trinajstić information content (AvgIpc) is 2.84. The second-order valence-electron chi connectivity index (χ2n) is 6.40. The van der Waals surface area contributed by atoms with Crippen LogP contribution >= 0.6 is 0 Å². The van der Waals surface area contributed by atoms with Gasteiger partial charge < -0.3 is 15.4 Å². The lowest BCUT2D eigenvalue weighted by molar-refractivity contribution is 0.415. The number of anilines is 3. The molecule has 2 N–H and O–H groups in total. The van der Waals surface area contributed by atoms with Crippen molar-refractivity contribution in [2.75, 3.05) is 17.7 Å². The smallest absolute Gasteiger partial charge is 0.225 e. The van der Waals surface area contributed by atoms with Crippen molar-refractivity contribution in [3.05, 3.63) is 36.0 Å². The lowest BCUT2D eigenvalue weighted by Gasteiger charge is -2.17. The molecule has 0 bridgehead atoms. The molecule has 1 aromatic carbocycles. The highest BCUT2D eigenvalue weighted by atomic mass is 16.5. The van der Waals surface area contributed by atoms with Gasteiger partial charge in [0.2, 0.25) is 5.95 Å². The van der Waals surface area contributed by atoms with Gasteiger partial charge in [-0.25, -0.2) is 4.98 Å². The predicted molar refractivity (Wildman–Crippen MR) is 98.2 cm³/mol. The normalized spacial score (nSPS) is 15.6. The van der Waals surface area contributed by atoms with E-state index in [9.17, 15) is 0 Å². The summed E-state index contributed by atoms with van der Waals surface area (Å²) in [6.45, 7) is 2.00. The van der Waals surface area contributed by atoms with Crippen LogP contribution in [-0.2, 0) is 0 Å². The number of hydrogen-bond donors (Lipinski definition) is 2. The van der Waals surface area contributed by atoms with Gasteiger partial charge >= 0.3 is 0 Å². The Bertz CT molecular complexity index is 649. The zero-order valence-corrected chi connectivity index (χ0v) is 14.5. The molecule has 0 amide bonds. The van der Waals surface area contributed by atoms with Crippen molar-refractivity contribution < 1.29 is 4.74 Å². The highest BCUT2D eigenvalue weighted by Crippen LogP contribution is 2.22. The van der Waals surface area contributed by atoms with Gasteiger partial charge in [0.1, 0.15) is 11.6 Å². The third-order valence-electron chi connectivity index (χ3n) is 4.41. The molecule has 1 saturated carbocycles. The zero-order chi connectivity index (χ0) is 16.8. The summed E-state index contributed by atoms with van der Waals surface area (Å²) in [7, 11) is 1.67. The van der Waals surface area contributed by atoms with Gasteiger partial charge in [-0.05, 0) is 44.0 Å². The van der Waals surface area contributed by atoms with Crippen LogP contribution in [0.1, 0.15) is 44.2 Å². The first-order valence-corrected chi connectivity index (χ1v) is 8.76. The quantitative estimate of drug-likeness (QED) is 0.782. The number of rotatable bonds is 5. The predicted octanol–water partition coefficient (Wildman–Crippen LogP) is 4.67. The summed E-state index contributed by atoms with van der Waals surface area (Å²) < 4.78 is 5.19. The molecule has 5 heteroatoms. The van der Waals surface area contributed by atoms with E-state index in [2.05, 4.69) is 20.6 Å². The molecule has 1 heterocycles. The van der Waals surface area contributed by atoms with Crippen molar-refractivity contribution in [1.82, 2.24) is 9.97 Å². The van der Waals surface area contributed by atoms with Gasteiger partial charge in [0, 0.05) is 23.5 Å². The Balaban J connectivity index is 1.70. The van der Waals surface area contributed by atoms with Gasteiger partial charge in [0.15, 0.2) is 0 Å². The summed E-state index contributed by atoms with van der Waals surface area (Å²) in [5, 5.41) is 6.86. The molecule has 5 nitrogen and oxygen atoms in total. The molecular formula is C19H26N4O. The minimum absolute atomic E-state index is 0.489. The molecule has 0 aliphatic heterocycles. The lowest BCUT2D eigenvalue weighted by Crippen LogP contribution is -2.20. The van der Waals surface area contributed by atoms with E-state index in [1.165, 1.54) is 38.5 Å². The maximum atomic E-state index is 5.19. The van der Waals surface area contributed by atoms with E-state index in [-0.39, 0.29) is 0 Å². The van der Waals surface area contributed by atoms with Crippen LogP contribution in [0.5, 0.6) is 5.75 Å². The first-order chi connectivity index (χ1) is 11.7. The van der Waals surface area contributed by atoms with Crippen molar-refractivity contribution >= 4 is 17.5 Å². The number of methoxy groups -OCH3 is 1. The summed E-state index contributed by atoms with van der Waals surface area (Å²) in [5.41, 5.74) is 1.94. The number of nitrogens with one attached hydrogen (secondary N) is 2. The number of hydrogen-bond acceptors (Lipinski definition) is 5. The molecule has 1 aliphatic rings. The van der Waals surface area contributed by atoms with Crippen LogP contribution in [-0.4, -0.2) is 23.1 Å². The Hall–Kier alpha value is -2.30. The minimum Gasteiger partial charge on any atom is -0.497 e. The number of aromatic nitrogens is 2. The Kier molecular flexibility index (Phi) is 5.51. The van der Waals surface area contributed by atoms with Gasteiger partial charge in [0.05, 0.1) is 7.11 Å². The number of benzene rings is 1. The zero-order valence-electron chi connectivity index (χ0n) is 14.5. The van der Waals surface area contributed by atoms with E-state index in [4.69, 9.17) is 4.74 Å². The Morgan fingerprint density at radius 3 is 2.38 bits per heavy atom. The molecule has 128 valence electrons. The fourth-order valence-corrected chi connectivity index (χ4v) is 3.13. The first-order valence-electron chi connectivity index (χ1n) is 8.76. The van der Waals surface area contributed by atoms with Gasteiger partial charge in [-0.3, -0.25) is 0 Å². The molecule has 0 saturated heterocycles. The van der Waals surface area contributed by atoms with Crippen molar-refractivity contribution in [2.24, 2.45) is 0 Å². The van der Waals surface area contributed by atoms with Gasteiger partial charge in [-0.15, -0.1) is 0 Å². The van der Waals surface area contributed by atoms with Gasteiger partial charge in [-0.1, -0.05) is 25.7 Å². The topological polar surface area (TPSA) is 59.1 Å². The molecule has 1 aromatic heterocycles. The number of nitrogens with zero attached hydrogens (tertiary/aromatic N) is 2. The molecule has 0 atom stereocenters. The molecule has 1 fully saturated rings. The Morgan fingerprint density at radius 2 is 1.71 bits per heavy atom. The molecule has 3 rings (SSSR count). The SMILES string of the molecule is COc1ccc(Nc2cc(C)nc(NC3CCCCCC3)n2)cc1. The third-order valence-corrected chi connectivity index (χ3v) is 4.41. The maximum Gasteiger partial charge on any atom is 0.225 e. The van der Waals surface area contributed by atoms with Crippen LogP contribution in [0.4, 0.5) is 17.5 Å². The van der Waals surface area contributed by atoms with Crippen molar-refractivity contribution in [3.63, 3.8) is 0 Å². The molecular weight excluding hydrogens is 300 g/mol. The number of ether oxygens (including phenoxy) is 1. The van der Waals surface area contributed by atoms with E-state index < -0.39 is 0 Å². The van der Waals surface area contributed by atoms with E-state index >= 15 is 0 Å². The lowest BCUT2D eigenvalue weighted by atomic mass is 10.1. The van der Waals surface area contributed by atoms with Crippen LogP contribution < -0.4 is 15.4 Å². The molecule has 2 aromatic rings. The second kappa shape index (κ2) is 7.99. The van der Waals surface area contributed by atoms with Gasteiger partial charge in [-0.2, -0.15) is 4.98 Å². The van der Waals surface area contributed by atoms with Crippen LogP contribution in [0.2, 0.25) is 0 Å². The summed E-state index contributed by atoms with van der Waals surface area (Å²) in [6, 6.07) is 10.3. The fourth-order valence-electron chi connectivity index (χ4n) is 3.13. The molecule has 0 unspecified atom stereocenters. The van der Waals surface area contributed by atoms with E-state index in [1.807, 2.05) is 37.3 Å². The standard InChI is InChI=1S/C19H26N4O/c1-14-13-18(21-16-9-11-17(24-2)12-10-16)23-19(20-14)22-15-7-5-3-4-6-8-15/h9-13,15H,3-8H2,1-2H3,(H2,20,21,22,23). The first kappa shape index (κ1) is 16.6. The molecule has 0 radical (unpaired) electrons. The fraction of sp³-hybridized carbons (Fsp3) is 0.474. The second-order valence-corrected chi connectivity index (χ2v) is 6.40. The van der Waals surface area contributed by atoms with Crippen molar-refractivity contribution in [3.8, 4) is 5.75 Å². The van der Waals surface area contributed by atoms with E-state index in [0.717, 1.165) is 28.9 Å². The summed E-state index contributed by atoms with van der Waals surface area (Å²) >= 11 is 0. The molecule has 1 aliphatic carbocycles. The highest BCUT2D eigenvalue weighted by Gasteiger charge is 2.13. The Morgan fingerprint density at radius 1 is 1.00 bits per heavy atom. The summed E-state index contributed by atoms with van der Waals surface area (Å²) in [5.74, 6) is 2.37.